The van der Waals surface area contributed by atoms with E-state index in [2.05, 4.69) is 0 Å². The molecule has 1 saturated heterocycles. The molecule has 1 N–H and O–H groups in total. The van der Waals surface area contributed by atoms with Crippen molar-refractivity contribution in [1.82, 2.24) is 0 Å². The number of carbonyl (C=O) groups excluding carboxylic acids is 2. The Bertz CT molecular complexity index is 1170. The average molecular weight is 460 g/mol. The zero-order chi connectivity index (χ0) is 21.4. The van der Waals surface area contributed by atoms with Crippen molar-refractivity contribution in [3.05, 3.63) is 86.0 Å². The van der Waals surface area contributed by atoms with Gasteiger partial charge in [-0.2, -0.15) is 0 Å². The molecule has 5 nitrogen and oxygen atoms in total. The number of carbonyl (C=O) groups is 2. The number of methoxy groups -OCH3 is 1. The zero-order valence-electron chi connectivity index (χ0n) is 15.6. The number of halogens is 2. The van der Waals surface area contributed by atoms with Crippen molar-refractivity contribution in [1.29, 1.82) is 0 Å². The first-order valence-electron chi connectivity index (χ1n) is 8.86. The number of ether oxygens (including phenoxy) is 1. The molecule has 152 valence electrons. The van der Waals surface area contributed by atoms with Crippen LogP contribution in [0.5, 0.6) is 5.75 Å². The summed E-state index contributed by atoms with van der Waals surface area (Å²) in [5.41, 5.74) is 0.652. The van der Waals surface area contributed by atoms with Crippen molar-refractivity contribution in [2.45, 2.75) is 6.04 Å². The molecule has 30 heavy (non-hydrogen) atoms. The van der Waals surface area contributed by atoms with Crippen LogP contribution in [0.15, 0.2) is 65.6 Å². The van der Waals surface area contributed by atoms with Crippen LogP contribution in [0.4, 0.5) is 5.69 Å². The quantitative estimate of drug-likeness (QED) is 0.309. The number of Topliss-reactive ketones (excluding diaryl/α,β-unsaturated/α-hetero) is 1. The minimum atomic E-state index is -0.813. The van der Waals surface area contributed by atoms with Crippen LogP contribution in [0.1, 0.15) is 16.5 Å². The molecule has 2 heterocycles. The molecule has 8 heteroatoms. The largest absolute Gasteiger partial charge is 0.507 e. The second-order valence-corrected chi connectivity index (χ2v) is 8.36. The van der Waals surface area contributed by atoms with Gasteiger partial charge in [0.25, 0.3) is 11.7 Å². The lowest BCUT2D eigenvalue weighted by atomic mass is 9.99. The number of ketones is 1. The van der Waals surface area contributed by atoms with Gasteiger partial charge < -0.3 is 9.84 Å². The number of hydrogen-bond acceptors (Lipinski definition) is 5. The number of aliphatic hydroxyl groups is 1. The van der Waals surface area contributed by atoms with E-state index >= 15 is 0 Å². The first-order chi connectivity index (χ1) is 14.4. The van der Waals surface area contributed by atoms with Gasteiger partial charge in [-0.15, -0.1) is 11.3 Å². The van der Waals surface area contributed by atoms with Gasteiger partial charge in [-0.05, 0) is 47.8 Å². The highest BCUT2D eigenvalue weighted by Gasteiger charge is 2.47. The summed E-state index contributed by atoms with van der Waals surface area (Å²) in [5, 5.41) is 13.8. The third-order valence-corrected chi connectivity index (χ3v) is 6.16. The van der Waals surface area contributed by atoms with Crippen LogP contribution in [-0.4, -0.2) is 23.9 Å². The highest BCUT2D eigenvalue weighted by molar-refractivity contribution is 7.10. The third kappa shape index (κ3) is 3.47. The van der Waals surface area contributed by atoms with E-state index in [-0.39, 0.29) is 16.9 Å². The van der Waals surface area contributed by atoms with E-state index in [1.54, 1.807) is 42.5 Å². The molecule has 1 atom stereocenters. The van der Waals surface area contributed by atoms with Gasteiger partial charge >= 0.3 is 0 Å². The fourth-order valence-corrected chi connectivity index (χ4v) is 4.63. The van der Waals surface area contributed by atoms with Crippen molar-refractivity contribution in [3.8, 4) is 5.75 Å². The van der Waals surface area contributed by atoms with Crippen LogP contribution in [-0.2, 0) is 9.59 Å². The number of rotatable bonds is 4. The van der Waals surface area contributed by atoms with Gasteiger partial charge in [-0.25, -0.2) is 0 Å². The molecule has 0 radical (unpaired) electrons. The molecular weight excluding hydrogens is 445 g/mol. The van der Waals surface area contributed by atoms with Gasteiger partial charge in [-0.3, -0.25) is 14.5 Å². The molecule has 0 saturated carbocycles. The van der Waals surface area contributed by atoms with Crippen molar-refractivity contribution in [2.24, 2.45) is 0 Å². The Morgan fingerprint density at radius 2 is 1.83 bits per heavy atom. The Kier molecular flexibility index (Phi) is 5.56. The smallest absolute Gasteiger partial charge is 0.300 e. The third-order valence-electron chi connectivity index (χ3n) is 4.76. The van der Waals surface area contributed by atoms with Gasteiger partial charge in [0.1, 0.15) is 17.6 Å². The highest BCUT2D eigenvalue weighted by Crippen LogP contribution is 2.45. The fourth-order valence-electron chi connectivity index (χ4n) is 3.45. The van der Waals surface area contributed by atoms with Gasteiger partial charge in [-0.1, -0.05) is 35.3 Å². The van der Waals surface area contributed by atoms with Crippen molar-refractivity contribution >= 4 is 57.7 Å². The highest BCUT2D eigenvalue weighted by atomic mass is 35.5. The molecule has 1 amide bonds. The number of amides is 1. The Labute approximate surface area is 186 Å². The summed E-state index contributed by atoms with van der Waals surface area (Å²) in [5.74, 6) is -1.57. The van der Waals surface area contributed by atoms with Gasteiger partial charge in [0, 0.05) is 20.6 Å². The number of thiophene rings is 1. The molecule has 1 aliphatic heterocycles. The van der Waals surface area contributed by atoms with E-state index in [1.807, 2.05) is 11.4 Å². The lowest BCUT2D eigenvalue weighted by Crippen LogP contribution is -2.29. The van der Waals surface area contributed by atoms with E-state index < -0.39 is 17.7 Å². The summed E-state index contributed by atoms with van der Waals surface area (Å²) in [6, 6.07) is 14.2. The molecule has 0 aliphatic carbocycles. The lowest BCUT2D eigenvalue weighted by molar-refractivity contribution is -0.132. The Morgan fingerprint density at radius 1 is 1.07 bits per heavy atom. The average Bonchev–Trinajstić information content (AvgIpc) is 3.34. The van der Waals surface area contributed by atoms with Gasteiger partial charge in [0.05, 0.1) is 18.2 Å². The second kappa shape index (κ2) is 8.14. The van der Waals surface area contributed by atoms with Gasteiger partial charge in [0.2, 0.25) is 0 Å². The summed E-state index contributed by atoms with van der Waals surface area (Å²) in [7, 11) is 1.45. The van der Waals surface area contributed by atoms with E-state index in [1.165, 1.54) is 29.4 Å². The monoisotopic (exact) mass is 459 g/mol. The number of benzene rings is 2. The molecule has 0 bridgehead atoms. The van der Waals surface area contributed by atoms with E-state index in [0.717, 1.165) is 4.88 Å². The first-order valence-corrected chi connectivity index (χ1v) is 10.5. The molecule has 0 spiro atoms. The minimum Gasteiger partial charge on any atom is -0.507 e. The van der Waals surface area contributed by atoms with Crippen LogP contribution in [0, 0.1) is 0 Å². The molecule has 3 aromatic rings. The molecule has 2 aromatic carbocycles. The molecule has 1 aromatic heterocycles. The van der Waals surface area contributed by atoms with Crippen LogP contribution in [0.25, 0.3) is 5.76 Å². The van der Waals surface area contributed by atoms with Crippen LogP contribution < -0.4 is 9.64 Å². The van der Waals surface area contributed by atoms with Crippen molar-refractivity contribution < 1.29 is 19.4 Å². The van der Waals surface area contributed by atoms with E-state index in [9.17, 15) is 14.7 Å². The predicted octanol–water partition coefficient (Wildman–Crippen LogP) is 5.69. The number of nitrogens with zero attached hydrogens (tertiary/aromatic N) is 1. The maximum atomic E-state index is 13.1. The first kappa shape index (κ1) is 20.5. The molecule has 1 fully saturated rings. The van der Waals surface area contributed by atoms with Crippen LogP contribution in [0.3, 0.4) is 0 Å². The molecule has 1 unspecified atom stereocenters. The maximum absolute atomic E-state index is 13.1. The number of anilines is 1. The summed E-state index contributed by atoms with van der Waals surface area (Å²) in [6.07, 6.45) is 0. The standard InChI is InChI=1S/C22H15Cl2NO4S/c1-29-16-8-7-13(24)11-15(16)20(26)18-19(17-6-3-9-30-17)25(22(28)21(18)27)14-5-2-4-12(23)10-14/h2-11,19,26H,1H3/b20-18-. The van der Waals surface area contributed by atoms with Crippen molar-refractivity contribution in [3.63, 3.8) is 0 Å². The van der Waals surface area contributed by atoms with Crippen LogP contribution >= 0.6 is 34.5 Å². The molecule has 1 aliphatic rings. The topological polar surface area (TPSA) is 66.8 Å². The van der Waals surface area contributed by atoms with Gasteiger partial charge in [0.15, 0.2) is 0 Å². The minimum absolute atomic E-state index is 0.0389. The van der Waals surface area contributed by atoms with Crippen molar-refractivity contribution in [2.75, 3.05) is 12.0 Å². The Morgan fingerprint density at radius 3 is 2.50 bits per heavy atom. The zero-order valence-corrected chi connectivity index (χ0v) is 18.0. The predicted molar refractivity (Wildman–Crippen MR) is 119 cm³/mol. The number of hydrogen-bond donors (Lipinski definition) is 1. The normalized spacial score (nSPS) is 18.1. The van der Waals surface area contributed by atoms with E-state index in [4.69, 9.17) is 27.9 Å². The SMILES string of the molecule is COc1ccc(Cl)cc1/C(O)=C1/C(=O)C(=O)N(c2cccc(Cl)c2)C1c1cccs1. The molecule has 4 rings (SSSR count). The summed E-state index contributed by atoms with van der Waals surface area (Å²) in [6.45, 7) is 0. The van der Waals surface area contributed by atoms with Crippen LogP contribution in [0.2, 0.25) is 10.0 Å². The fraction of sp³-hybridized carbons (Fsp3) is 0.0909. The Balaban J connectivity index is 1.97. The maximum Gasteiger partial charge on any atom is 0.300 e. The molecular formula is C22H15Cl2NO4S. The lowest BCUT2D eigenvalue weighted by Gasteiger charge is -2.24. The number of aliphatic hydroxyl groups excluding tert-OH is 1. The second-order valence-electron chi connectivity index (χ2n) is 6.51. The Hall–Kier alpha value is -2.80. The summed E-state index contributed by atoms with van der Waals surface area (Å²) >= 11 is 13.6. The summed E-state index contributed by atoms with van der Waals surface area (Å²) < 4.78 is 5.32. The van der Waals surface area contributed by atoms with E-state index in [0.29, 0.717) is 21.5 Å². The summed E-state index contributed by atoms with van der Waals surface area (Å²) in [4.78, 5) is 28.2.